The molecule has 1 saturated heterocycles. The molecule has 2 aromatic carbocycles. The Morgan fingerprint density at radius 3 is 2.41 bits per heavy atom. The third-order valence-electron chi connectivity index (χ3n) is 5.10. The van der Waals surface area contributed by atoms with Crippen molar-refractivity contribution in [1.82, 2.24) is 14.9 Å². The second-order valence-corrected chi connectivity index (χ2v) is 9.33. The van der Waals surface area contributed by atoms with Crippen molar-refractivity contribution in [2.75, 3.05) is 32.1 Å². The quantitative estimate of drug-likeness (QED) is 0.559. The second kappa shape index (κ2) is 11.0. The SMILES string of the molecule is COc1ccc(S(=O)(=O)N2CCCCC2)cc1NC(=O)CNC(=O)NCc1ccccc1. The van der Waals surface area contributed by atoms with Crippen LogP contribution in [0.5, 0.6) is 5.75 Å². The standard InChI is InChI=1S/C22H28N4O5S/c1-31-20-11-10-18(32(29,30)26-12-6-3-7-13-26)14-19(20)25-21(27)16-24-22(28)23-15-17-8-4-2-5-9-17/h2,4-5,8-11,14H,3,6-7,12-13,15-16H2,1H3,(H,25,27)(H2,23,24,28). The normalized spacial score (nSPS) is 14.4. The lowest BCUT2D eigenvalue weighted by molar-refractivity contribution is -0.115. The zero-order valence-corrected chi connectivity index (χ0v) is 18.8. The summed E-state index contributed by atoms with van der Waals surface area (Å²) in [5.74, 6) is -0.185. The summed E-state index contributed by atoms with van der Waals surface area (Å²) >= 11 is 0. The number of nitrogens with one attached hydrogen (secondary N) is 3. The monoisotopic (exact) mass is 460 g/mol. The zero-order chi connectivity index (χ0) is 23.0. The minimum atomic E-state index is -3.66. The Balaban J connectivity index is 1.59. The lowest BCUT2D eigenvalue weighted by atomic mass is 10.2. The Hall–Kier alpha value is -3.11. The molecule has 1 heterocycles. The lowest BCUT2D eigenvalue weighted by Gasteiger charge is -2.26. The first-order valence-corrected chi connectivity index (χ1v) is 11.9. The summed E-state index contributed by atoms with van der Waals surface area (Å²) in [7, 11) is -2.23. The van der Waals surface area contributed by atoms with E-state index in [1.807, 2.05) is 30.3 Å². The first-order valence-electron chi connectivity index (χ1n) is 10.4. The number of methoxy groups -OCH3 is 1. The van der Waals surface area contributed by atoms with Crippen molar-refractivity contribution in [3.05, 3.63) is 54.1 Å². The van der Waals surface area contributed by atoms with Crippen molar-refractivity contribution < 1.29 is 22.7 Å². The molecule has 10 heteroatoms. The van der Waals surface area contributed by atoms with E-state index in [4.69, 9.17) is 4.74 Å². The molecule has 9 nitrogen and oxygen atoms in total. The number of hydrogen-bond acceptors (Lipinski definition) is 5. The number of anilines is 1. The fraction of sp³-hybridized carbons (Fsp3) is 0.364. The number of hydrogen-bond donors (Lipinski definition) is 3. The van der Waals surface area contributed by atoms with Gasteiger partial charge in [0.25, 0.3) is 0 Å². The van der Waals surface area contributed by atoms with E-state index in [0.29, 0.717) is 25.4 Å². The van der Waals surface area contributed by atoms with Crippen LogP contribution in [0.25, 0.3) is 0 Å². The van der Waals surface area contributed by atoms with Gasteiger partial charge in [0.1, 0.15) is 5.75 Å². The molecule has 0 aliphatic carbocycles. The topological polar surface area (TPSA) is 117 Å². The van der Waals surface area contributed by atoms with Crippen LogP contribution in [-0.2, 0) is 21.4 Å². The number of carbonyl (C=O) groups excluding carboxylic acids is 2. The molecule has 3 rings (SSSR count). The van der Waals surface area contributed by atoms with E-state index in [-0.39, 0.29) is 17.1 Å². The molecule has 0 aromatic heterocycles. The summed E-state index contributed by atoms with van der Waals surface area (Å²) in [6.45, 7) is 1.02. The maximum absolute atomic E-state index is 12.9. The van der Waals surface area contributed by atoms with Gasteiger partial charge in [0.2, 0.25) is 15.9 Å². The van der Waals surface area contributed by atoms with Crippen LogP contribution in [-0.4, -0.2) is 51.4 Å². The molecule has 0 spiro atoms. The van der Waals surface area contributed by atoms with Gasteiger partial charge in [-0.3, -0.25) is 4.79 Å². The van der Waals surface area contributed by atoms with E-state index in [1.165, 1.54) is 29.6 Å². The van der Waals surface area contributed by atoms with Crippen molar-refractivity contribution in [3.63, 3.8) is 0 Å². The van der Waals surface area contributed by atoms with Gasteiger partial charge in [-0.25, -0.2) is 13.2 Å². The van der Waals surface area contributed by atoms with Gasteiger partial charge in [-0.2, -0.15) is 4.31 Å². The van der Waals surface area contributed by atoms with Crippen molar-refractivity contribution >= 4 is 27.6 Å². The van der Waals surface area contributed by atoms with Crippen LogP contribution in [0.1, 0.15) is 24.8 Å². The minimum Gasteiger partial charge on any atom is -0.495 e. The average Bonchev–Trinajstić information content (AvgIpc) is 2.82. The number of piperidine rings is 1. The van der Waals surface area contributed by atoms with E-state index in [0.717, 1.165) is 24.8 Å². The number of rotatable bonds is 8. The van der Waals surface area contributed by atoms with Gasteiger partial charge in [-0.15, -0.1) is 0 Å². The maximum Gasteiger partial charge on any atom is 0.315 e. The molecule has 0 radical (unpaired) electrons. The molecular weight excluding hydrogens is 432 g/mol. The number of amides is 3. The molecule has 1 aliphatic heterocycles. The fourth-order valence-corrected chi connectivity index (χ4v) is 4.94. The largest absolute Gasteiger partial charge is 0.495 e. The Labute approximate surface area is 188 Å². The first-order chi connectivity index (χ1) is 15.4. The van der Waals surface area contributed by atoms with Crippen LogP contribution < -0.4 is 20.7 Å². The number of carbonyl (C=O) groups is 2. The molecule has 0 saturated carbocycles. The van der Waals surface area contributed by atoms with Gasteiger partial charge in [0.05, 0.1) is 24.2 Å². The summed E-state index contributed by atoms with van der Waals surface area (Å²) in [5.41, 5.74) is 1.16. The van der Waals surface area contributed by atoms with E-state index in [2.05, 4.69) is 16.0 Å². The summed E-state index contributed by atoms with van der Waals surface area (Å²) < 4.78 is 32.6. The van der Waals surface area contributed by atoms with Crippen LogP contribution in [0.2, 0.25) is 0 Å². The van der Waals surface area contributed by atoms with Crippen LogP contribution in [0.3, 0.4) is 0 Å². The number of urea groups is 1. The summed E-state index contributed by atoms with van der Waals surface area (Å²) in [5, 5.41) is 7.76. The highest BCUT2D eigenvalue weighted by molar-refractivity contribution is 7.89. The fourth-order valence-electron chi connectivity index (χ4n) is 3.40. The summed E-state index contributed by atoms with van der Waals surface area (Å²) in [6, 6.07) is 13.3. The van der Waals surface area contributed by atoms with Gasteiger partial charge in [-0.05, 0) is 36.6 Å². The molecule has 172 valence electrons. The van der Waals surface area contributed by atoms with E-state index >= 15 is 0 Å². The summed E-state index contributed by atoms with van der Waals surface area (Å²) in [6.07, 6.45) is 2.68. The molecule has 0 bridgehead atoms. The molecule has 32 heavy (non-hydrogen) atoms. The van der Waals surface area contributed by atoms with E-state index in [9.17, 15) is 18.0 Å². The molecular formula is C22H28N4O5S. The van der Waals surface area contributed by atoms with E-state index < -0.39 is 22.0 Å². The zero-order valence-electron chi connectivity index (χ0n) is 18.0. The highest BCUT2D eigenvalue weighted by Gasteiger charge is 2.27. The molecule has 3 N–H and O–H groups in total. The third kappa shape index (κ3) is 6.21. The average molecular weight is 461 g/mol. The van der Waals surface area contributed by atoms with Crippen LogP contribution in [0.4, 0.5) is 10.5 Å². The minimum absolute atomic E-state index is 0.0871. The number of nitrogens with zero attached hydrogens (tertiary/aromatic N) is 1. The maximum atomic E-state index is 12.9. The molecule has 0 atom stereocenters. The van der Waals surface area contributed by atoms with Gasteiger partial charge in [0, 0.05) is 19.6 Å². The molecule has 0 unspecified atom stereocenters. The van der Waals surface area contributed by atoms with Crippen LogP contribution in [0.15, 0.2) is 53.4 Å². The van der Waals surface area contributed by atoms with E-state index in [1.54, 1.807) is 0 Å². The molecule has 1 aliphatic rings. The third-order valence-corrected chi connectivity index (χ3v) is 7.00. The van der Waals surface area contributed by atoms with Crippen molar-refractivity contribution in [2.45, 2.75) is 30.7 Å². The van der Waals surface area contributed by atoms with Crippen molar-refractivity contribution in [1.29, 1.82) is 0 Å². The Bertz CT molecular complexity index is 1040. The van der Waals surface area contributed by atoms with Crippen LogP contribution in [0, 0.1) is 0 Å². The number of sulfonamides is 1. The summed E-state index contributed by atoms with van der Waals surface area (Å²) in [4.78, 5) is 24.4. The van der Waals surface area contributed by atoms with Gasteiger partial charge in [0.15, 0.2) is 0 Å². The van der Waals surface area contributed by atoms with Crippen LogP contribution >= 0.6 is 0 Å². The van der Waals surface area contributed by atoms with Gasteiger partial charge < -0.3 is 20.7 Å². The molecule has 2 aromatic rings. The Morgan fingerprint density at radius 1 is 1.00 bits per heavy atom. The van der Waals surface area contributed by atoms with Gasteiger partial charge in [-0.1, -0.05) is 36.8 Å². The predicted molar refractivity (Wildman–Crippen MR) is 121 cm³/mol. The second-order valence-electron chi connectivity index (χ2n) is 7.40. The van der Waals surface area contributed by atoms with Gasteiger partial charge >= 0.3 is 6.03 Å². The highest BCUT2D eigenvalue weighted by Crippen LogP contribution is 2.29. The highest BCUT2D eigenvalue weighted by atomic mass is 32.2. The van der Waals surface area contributed by atoms with Crippen molar-refractivity contribution in [2.24, 2.45) is 0 Å². The Kier molecular flexibility index (Phi) is 8.07. The Morgan fingerprint density at radius 2 is 1.72 bits per heavy atom. The number of benzene rings is 2. The lowest BCUT2D eigenvalue weighted by Crippen LogP contribution is -2.39. The smallest absolute Gasteiger partial charge is 0.315 e. The molecule has 3 amide bonds. The predicted octanol–water partition coefficient (Wildman–Crippen LogP) is 2.31. The first kappa shape index (κ1) is 23.6. The molecule has 1 fully saturated rings. The number of ether oxygens (including phenoxy) is 1. The van der Waals surface area contributed by atoms with Crippen molar-refractivity contribution in [3.8, 4) is 5.75 Å².